The van der Waals surface area contributed by atoms with Crippen LogP contribution in [0.4, 0.5) is 16.2 Å². The molecule has 0 spiro atoms. The van der Waals surface area contributed by atoms with Crippen LogP contribution in [0, 0.1) is 11.8 Å². The zero-order chi connectivity index (χ0) is 31.3. The SMILES string of the molecule is O=C(OCCS(=O)(=O)C(=O)Nc1ccc(N2C[C@@H]3C[C@H]2C[C@H]3OCc2c(-c3c(Cl)cccc3Cl)noc2C2CC2)cc1)C1CC1. The van der Waals surface area contributed by atoms with Crippen LogP contribution in [-0.4, -0.2) is 55.8 Å². The summed E-state index contributed by atoms with van der Waals surface area (Å²) in [5.74, 6) is 0.487. The molecule has 238 valence electrons. The molecule has 2 heterocycles. The Labute approximate surface area is 271 Å². The van der Waals surface area contributed by atoms with Crippen molar-refractivity contribution in [1.82, 2.24) is 5.16 Å². The summed E-state index contributed by atoms with van der Waals surface area (Å²) in [6.07, 6.45) is 5.64. The van der Waals surface area contributed by atoms with Gasteiger partial charge in [0, 0.05) is 46.9 Å². The largest absolute Gasteiger partial charge is 0.464 e. The second-order valence-corrected chi connectivity index (χ2v) is 15.2. The van der Waals surface area contributed by atoms with Gasteiger partial charge >= 0.3 is 11.2 Å². The highest BCUT2D eigenvalue weighted by Gasteiger charge is 2.46. The fourth-order valence-corrected chi connectivity index (χ4v) is 7.72. The summed E-state index contributed by atoms with van der Waals surface area (Å²) in [6, 6.07) is 12.9. The minimum absolute atomic E-state index is 0.0927. The van der Waals surface area contributed by atoms with Gasteiger partial charge in [-0.3, -0.25) is 9.59 Å². The minimum atomic E-state index is -4.12. The van der Waals surface area contributed by atoms with Gasteiger partial charge in [0.05, 0.1) is 34.4 Å². The number of esters is 1. The topological polar surface area (TPSA) is 128 Å². The Balaban J connectivity index is 0.940. The minimum Gasteiger partial charge on any atom is -0.464 e. The summed E-state index contributed by atoms with van der Waals surface area (Å²) in [6.45, 7) is 0.876. The number of benzene rings is 2. The Hall–Kier alpha value is -3.12. The molecular formula is C32H33Cl2N3O7S. The summed E-state index contributed by atoms with van der Waals surface area (Å²) < 4.78 is 42.0. The van der Waals surface area contributed by atoms with E-state index in [0.29, 0.717) is 51.5 Å². The van der Waals surface area contributed by atoms with E-state index in [4.69, 9.17) is 37.2 Å². The van der Waals surface area contributed by atoms with E-state index in [-0.39, 0.29) is 18.6 Å². The number of carbonyl (C=O) groups excluding carboxylic acids is 2. The first-order valence-electron chi connectivity index (χ1n) is 15.3. The highest BCUT2D eigenvalue weighted by atomic mass is 35.5. The van der Waals surface area contributed by atoms with Gasteiger partial charge in [-0.1, -0.05) is 34.4 Å². The highest BCUT2D eigenvalue weighted by molar-refractivity contribution is 8.06. The summed E-state index contributed by atoms with van der Waals surface area (Å²) >= 11 is 13.0. The Kier molecular flexibility index (Phi) is 8.30. The molecule has 1 saturated heterocycles. The van der Waals surface area contributed by atoms with Gasteiger partial charge in [-0.2, -0.15) is 0 Å². The molecule has 0 unspecified atom stereocenters. The van der Waals surface area contributed by atoms with Crippen LogP contribution in [0.2, 0.25) is 10.0 Å². The summed E-state index contributed by atoms with van der Waals surface area (Å²) in [5, 5.41) is 6.75. The molecule has 1 aliphatic heterocycles. The smallest absolute Gasteiger partial charge is 0.340 e. The number of fused-ring (bicyclic) bond motifs is 2. The van der Waals surface area contributed by atoms with Crippen molar-refractivity contribution in [1.29, 1.82) is 0 Å². The number of sulfone groups is 1. The second-order valence-electron chi connectivity index (χ2n) is 12.4. The molecule has 2 aromatic carbocycles. The number of nitrogens with zero attached hydrogens (tertiary/aromatic N) is 2. The number of ether oxygens (including phenoxy) is 2. The third kappa shape index (κ3) is 6.45. The van der Waals surface area contributed by atoms with Crippen molar-refractivity contribution < 1.29 is 32.0 Å². The molecule has 0 radical (unpaired) electrons. The number of hydrogen-bond donors (Lipinski definition) is 1. The first-order chi connectivity index (χ1) is 21.7. The van der Waals surface area contributed by atoms with Crippen molar-refractivity contribution in [2.45, 2.75) is 63.2 Å². The van der Waals surface area contributed by atoms with Crippen LogP contribution in [0.3, 0.4) is 0 Å². The first kappa shape index (κ1) is 30.5. The quantitative estimate of drug-likeness (QED) is 0.224. The van der Waals surface area contributed by atoms with Crippen molar-refractivity contribution in [3.63, 3.8) is 0 Å². The first-order valence-corrected chi connectivity index (χ1v) is 17.7. The third-order valence-electron chi connectivity index (χ3n) is 9.12. The normalized spacial score (nSPS) is 22.5. The molecule has 2 bridgehead atoms. The van der Waals surface area contributed by atoms with E-state index in [1.54, 1.807) is 30.3 Å². The number of nitrogens with one attached hydrogen (secondary N) is 1. The molecule has 3 saturated carbocycles. The molecule has 10 nitrogen and oxygen atoms in total. The van der Waals surface area contributed by atoms with Crippen molar-refractivity contribution >= 4 is 55.6 Å². The van der Waals surface area contributed by atoms with Crippen LogP contribution in [0.1, 0.15) is 55.8 Å². The average molecular weight is 675 g/mol. The number of rotatable bonds is 11. The van der Waals surface area contributed by atoms with Crippen LogP contribution in [-0.2, 0) is 30.7 Å². The van der Waals surface area contributed by atoms with Crippen LogP contribution in [0.25, 0.3) is 11.3 Å². The molecule has 13 heteroatoms. The van der Waals surface area contributed by atoms with Gasteiger partial charge in [-0.25, -0.2) is 8.42 Å². The molecule has 4 fully saturated rings. The Morgan fingerprint density at radius 3 is 2.40 bits per heavy atom. The fourth-order valence-electron chi connectivity index (χ4n) is 6.38. The predicted octanol–water partition coefficient (Wildman–Crippen LogP) is 6.61. The maximum Gasteiger partial charge on any atom is 0.340 e. The predicted molar refractivity (Wildman–Crippen MR) is 169 cm³/mol. The van der Waals surface area contributed by atoms with Gasteiger partial charge in [0.2, 0.25) is 9.84 Å². The lowest BCUT2D eigenvalue weighted by Gasteiger charge is -2.33. The van der Waals surface area contributed by atoms with E-state index in [2.05, 4.69) is 15.4 Å². The monoisotopic (exact) mass is 673 g/mol. The van der Waals surface area contributed by atoms with Crippen LogP contribution < -0.4 is 10.2 Å². The third-order valence-corrected chi connectivity index (χ3v) is 11.1. The lowest BCUT2D eigenvalue weighted by molar-refractivity contribution is -0.144. The fraction of sp³-hybridized carbons (Fsp3) is 0.469. The van der Waals surface area contributed by atoms with Gasteiger partial charge in [0.15, 0.2) is 0 Å². The highest BCUT2D eigenvalue weighted by Crippen LogP contribution is 2.47. The van der Waals surface area contributed by atoms with Gasteiger partial charge in [0.25, 0.3) is 0 Å². The average Bonchev–Trinajstić information content (AvgIpc) is 3.94. The van der Waals surface area contributed by atoms with Crippen molar-refractivity contribution in [3.8, 4) is 11.3 Å². The van der Waals surface area contributed by atoms with Gasteiger partial charge in [0.1, 0.15) is 18.1 Å². The molecule has 7 rings (SSSR count). The lowest BCUT2D eigenvalue weighted by atomic mass is 10.0. The Morgan fingerprint density at radius 1 is 1.02 bits per heavy atom. The zero-order valence-electron chi connectivity index (χ0n) is 24.4. The maximum atomic E-state index is 12.4. The number of hydrogen-bond acceptors (Lipinski definition) is 9. The van der Waals surface area contributed by atoms with E-state index < -0.39 is 26.8 Å². The lowest BCUT2D eigenvalue weighted by Crippen LogP contribution is -2.38. The van der Waals surface area contributed by atoms with Crippen LogP contribution in [0.5, 0.6) is 0 Å². The van der Waals surface area contributed by atoms with E-state index >= 15 is 0 Å². The van der Waals surface area contributed by atoms with Gasteiger partial charge < -0.3 is 24.2 Å². The van der Waals surface area contributed by atoms with E-state index in [1.807, 2.05) is 12.1 Å². The molecule has 3 aromatic rings. The second kappa shape index (κ2) is 12.2. The number of halogens is 2. The van der Waals surface area contributed by atoms with E-state index in [1.165, 1.54) is 0 Å². The summed E-state index contributed by atoms with van der Waals surface area (Å²) in [5.41, 5.74) is 3.61. The standard InChI is InChI=1S/C32H33Cl2N3O7S/c33-25-2-1-3-26(34)28(25)29-24(30(44-36-29)18-4-5-18)17-43-27-15-23-14-20(27)16-37(23)22-10-8-21(9-11-22)35-32(39)45(40,41)13-12-42-31(38)19-6-7-19/h1-3,8-11,18-20,23,27H,4-7,12-17H2,(H,35,39)/t20-,23-,27+/m0/s1. The van der Waals surface area contributed by atoms with Crippen LogP contribution in [0.15, 0.2) is 47.0 Å². The summed E-state index contributed by atoms with van der Waals surface area (Å²) in [7, 11) is -4.12. The Bertz CT molecular complexity index is 1700. The van der Waals surface area contributed by atoms with Crippen molar-refractivity contribution in [3.05, 3.63) is 63.8 Å². The molecular weight excluding hydrogens is 641 g/mol. The molecule has 3 atom stereocenters. The number of anilines is 2. The van der Waals surface area contributed by atoms with Crippen molar-refractivity contribution in [2.24, 2.45) is 11.8 Å². The van der Waals surface area contributed by atoms with Crippen molar-refractivity contribution in [2.75, 3.05) is 29.1 Å². The molecule has 1 amide bonds. The molecule has 3 aliphatic carbocycles. The molecule has 1 aromatic heterocycles. The molecule has 4 aliphatic rings. The van der Waals surface area contributed by atoms with E-state index in [0.717, 1.165) is 62.1 Å². The molecule has 45 heavy (non-hydrogen) atoms. The number of carbonyl (C=O) groups is 2. The van der Waals surface area contributed by atoms with E-state index in [9.17, 15) is 18.0 Å². The summed E-state index contributed by atoms with van der Waals surface area (Å²) in [4.78, 5) is 26.3. The van der Waals surface area contributed by atoms with Gasteiger partial charge in [-0.05, 0) is 74.9 Å². The zero-order valence-corrected chi connectivity index (χ0v) is 26.7. The number of aromatic nitrogens is 1. The van der Waals surface area contributed by atoms with Crippen LogP contribution >= 0.6 is 23.2 Å². The Morgan fingerprint density at radius 2 is 1.76 bits per heavy atom. The molecule has 1 N–H and O–H groups in total. The number of amides is 1. The van der Waals surface area contributed by atoms with Gasteiger partial charge in [-0.15, -0.1) is 0 Å². The maximum absolute atomic E-state index is 12.4. The number of piperidine rings is 1.